The van der Waals surface area contributed by atoms with Gasteiger partial charge in [-0.3, -0.25) is 0 Å². The summed E-state index contributed by atoms with van der Waals surface area (Å²) in [5.41, 5.74) is -2.45. The summed E-state index contributed by atoms with van der Waals surface area (Å²) in [4.78, 5) is 10.9. The average molecular weight is 256 g/mol. The van der Waals surface area contributed by atoms with E-state index in [0.29, 0.717) is 0 Å². The topological polar surface area (TPSA) is 57.5 Å². The van der Waals surface area contributed by atoms with Gasteiger partial charge in [0.1, 0.15) is 11.3 Å². The summed E-state index contributed by atoms with van der Waals surface area (Å²) in [6.45, 7) is 0. The van der Waals surface area contributed by atoms with Crippen molar-refractivity contribution in [1.82, 2.24) is 0 Å². The fraction of sp³-hybridized carbons (Fsp3) is 0.0833. The van der Waals surface area contributed by atoms with Crippen LogP contribution < -0.4 is 0 Å². The number of carboxylic acid groups (broad SMARTS) is 1. The lowest BCUT2D eigenvalue weighted by Crippen LogP contribution is -2.14. The first-order valence-corrected chi connectivity index (χ1v) is 4.87. The third-order valence-corrected chi connectivity index (χ3v) is 2.53. The fourth-order valence-electron chi connectivity index (χ4n) is 1.84. The first-order chi connectivity index (χ1) is 8.32. The van der Waals surface area contributed by atoms with Crippen LogP contribution in [-0.4, -0.2) is 16.2 Å². The molecule has 0 saturated heterocycles. The maximum absolute atomic E-state index is 12.9. The van der Waals surface area contributed by atoms with E-state index in [2.05, 4.69) is 0 Å². The summed E-state index contributed by atoms with van der Waals surface area (Å²) in [5.74, 6) is -2.71. The lowest BCUT2D eigenvalue weighted by molar-refractivity contribution is -0.136. The van der Waals surface area contributed by atoms with Crippen LogP contribution in [0.15, 0.2) is 30.3 Å². The van der Waals surface area contributed by atoms with Crippen molar-refractivity contribution in [3.8, 4) is 5.75 Å². The molecular formula is C12H7F3O3. The number of hydrogen-bond acceptors (Lipinski definition) is 2. The molecule has 0 aliphatic rings. The van der Waals surface area contributed by atoms with E-state index < -0.39 is 29.0 Å². The molecule has 0 fully saturated rings. The van der Waals surface area contributed by atoms with Gasteiger partial charge in [-0.25, -0.2) is 4.79 Å². The number of halogens is 3. The van der Waals surface area contributed by atoms with E-state index in [0.717, 1.165) is 6.07 Å². The van der Waals surface area contributed by atoms with Crippen LogP contribution in [0.3, 0.4) is 0 Å². The maximum atomic E-state index is 12.9. The van der Waals surface area contributed by atoms with Crippen molar-refractivity contribution in [1.29, 1.82) is 0 Å². The number of fused-ring (bicyclic) bond motifs is 1. The van der Waals surface area contributed by atoms with Crippen molar-refractivity contribution in [3.63, 3.8) is 0 Å². The van der Waals surface area contributed by atoms with Crippen LogP contribution in [0.5, 0.6) is 5.75 Å². The van der Waals surface area contributed by atoms with Gasteiger partial charge in [-0.15, -0.1) is 0 Å². The smallest absolute Gasteiger partial charge is 0.417 e. The zero-order valence-electron chi connectivity index (χ0n) is 8.82. The van der Waals surface area contributed by atoms with Crippen molar-refractivity contribution in [2.75, 3.05) is 0 Å². The SMILES string of the molecule is O=C(O)c1c(O)cc2ccccc2c1C(F)(F)F. The van der Waals surface area contributed by atoms with Crippen LogP contribution >= 0.6 is 0 Å². The molecule has 2 aromatic rings. The lowest BCUT2D eigenvalue weighted by Gasteiger charge is -2.14. The van der Waals surface area contributed by atoms with E-state index in [9.17, 15) is 23.1 Å². The summed E-state index contributed by atoms with van der Waals surface area (Å²) >= 11 is 0. The van der Waals surface area contributed by atoms with Gasteiger partial charge in [0, 0.05) is 0 Å². The average Bonchev–Trinajstić information content (AvgIpc) is 2.25. The molecule has 0 aromatic heterocycles. The van der Waals surface area contributed by atoms with Crippen LogP contribution in [0.25, 0.3) is 10.8 Å². The number of phenols is 1. The van der Waals surface area contributed by atoms with E-state index >= 15 is 0 Å². The zero-order chi connectivity index (χ0) is 13.5. The number of rotatable bonds is 1. The Morgan fingerprint density at radius 3 is 2.33 bits per heavy atom. The van der Waals surface area contributed by atoms with E-state index in [1.165, 1.54) is 24.3 Å². The summed E-state index contributed by atoms with van der Waals surface area (Å²) in [6.07, 6.45) is -4.86. The molecule has 2 rings (SSSR count). The highest BCUT2D eigenvalue weighted by Gasteiger charge is 2.39. The van der Waals surface area contributed by atoms with Crippen molar-refractivity contribution < 1.29 is 28.2 Å². The molecule has 0 atom stereocenters. The summed E-state index contributed by atoms with van der Waals surface area (Å²) in [7, 11) is 0. The highest BCUT2D eigenvalue weighted by molar-refractivity contribution is 6.01. The molecule has 0 amide bonds. The van der Waals surface area contributed by atoms with Gasteiger partial charge in [0.2, 0.25) is 0 Å². The van der Waals surface area contributed by atoms with Crippen LogP contribution in [0.1, 0.15) is 15.9 Å². The van der Waals surface area contributed by atoms with E-state index in [4.69, 9.17) is 5.11 Å². The molecule has 2 aromatic carbocycles. The van der Waals surface area contributed by atoms with E-state index in [1.807, 2.05) is 0 Å². The number of aromatic hydroxyl groups is 1. The van der Waals surface area contributed by atoms with Gasteiger partial charge in [-0.1, -0.05) is 24.3 Å². The Morgan fingerprint density at radius 1 is 1.17 bits per heavy atom. The molecule has 0 aliphatic carbocycles. The van der Waals surface area contributed by atoms with Gasteiger partial charge in [-0.05, 0) is 16.8 Å². The molecular weight excluding hydrogens is 249 g/mol. The molecule has 0 spiro atoms. The van der Waals surface area contributed by atoms with Gasteiger partial charge >= 0.3 is 12.1 Å². The highest BCUT2D eigenvalue weighted by atomic mass is 19.4. The van der Waals surface area contributed by atoms with E-state index in [-0.39, 0.29) is 10.8 Å². The quantitative estimate of drug-likeness (QED) is 0.823. The van der Waals surface area contributed by atoms with Crippen molar-refractivity contribution in [2.24, 2.45) is 0 Å². The minimum atomic E-state index is -4.86. The number of aromatic carboxylic acids is 1. The number of carboxylic acids is 1. The lowest BCUT2D eigenvalue weighted by atomic mass is 9.97. The van der Waals surface area contributed by atoms with Crippen LogP contribution in [-0.2, 0) is 6.18 Å². The van der Waals surface area contributed by atoms with Gasteiger partial charge in [0.15, 0.2) is 0 Å². The van der Waals surface area contributed by atoms with Crippen molar-refractivity contribution in [2.45, 2.75) is 6.18 Å². The molecule has 18 heavy (non-hydrogen) atoms. The molecule has 6 heteroatoms. The largest absolute Gasteiger partial charge is 0.507 e. The fourth-order valence-corrected chi connectivity index (χ4v) is 1.84. The second-order valence-electron chi connectivity index (χ2n) is 3.67. The highest BCUT2D eigenvalue weighted by Crippen LogP contribution is 2.41. The van der Waals surface area contributed by atoms with Crippen molar-refractivity contribution in [3.05, 3.63) is 41.5 Å². The second-order valence-corrected chi connectivity index (χ2v) is 3.67. The number of hydrogen-bond donors (Lipinski definition) is 2. The standard InChI is InChI=1S/C12H7F3O3/c13-12(14,15)10-7-4-2-1-3-6(7)5-8(16)9(10)11(17)18/h1-5,16H,(H,17,18). The Morgan fingerprint density at radius 2 is 1.78 bits per heavy atom. The molecule has 3 nitrogen and oxygen atoms in total. The zero-order valence-corrected chi connectivity index (χ0v) is 8.82. The van der Waals surface area contributed by atoms with E-state index in [1.54, 1.807) is 0 Å². The summed E-state index contributed by atoms with van der Waals surface area (Å²) in [5, 5.41) is 18.1. The monoisotopic (exact) mass is 256 g/mol. The molecule has 94 valence electrons. The molecule has 0 saturated carbocycles. The number of benzene rings is 2. The Hall–Kier alpha value is -2.24. The first kappa shape index (κ1) is 12.2. The number of alkyl halides is 3. The maximum Gasteiger partial charge on any atom is 0.417 e. The predicted octanol–water partition coefficient (Wildman–Crippen LogP) is 3.26. The molecule has 0 aliphatic heterocycles. The predicted molar refractivity (Wildman–Crippen MR) is 57.6 cm³/mol. The third kappa shape index (κ3) is 1.85. The number of carbonyl (C=O) groups is 1. The van der Waals surface area contributed by atoms with Gasteiger partial charge in [0.25, 0.3) is 0 Å². The molecule has 2 N–H and O–H groups in total. The third-order valence-electron chi connectivity index (χ3n) is 2.53. The van der Waals surface area contributed by atoms with Gasteiger partial charge < -0.3 is 10.2 Å². The summed E-state index contributed by atoms with van der Waals surface area (Å²) < 4.78 is 38.8. The second kappa shape index (κ2) is 3.90. The Labute approximate surface area is 99.1 Å². The van der Waals surface area contributed by atoms with Crippen LogP contribution in [0.4, 0.5) is 13.2 Å². The summed E-state index contributed by atoms with van der Waals surface area (Å²) in [6, 6.07) is 6.43. The molecule has 0 unspecified atom stereocenters. The van der Waals surface area contributed by atoms with Crippen molar-refractivity contribution >= 4 is 16.7 Å². The Balaban J connectivity index is 2.99. The van der Waals surface area contributed by atoms with Crippen LogP contribution in [0, 0.1) is 0 Å². The van der Waals surface area contributed by atoms with Gasteiger partial charge in [0.05, 0.1) is 5.56 Å². The normalized spacial score (nSPS) is 11.7. The Bertz CT molecular complexity index is 632. The molecule has 0 bridgehead atoms. The van der Waals surface area contributed by atoms with Gasteiger partial charge in [-0.2, -0.15) is 13.2 Å². The molecule has 0 radical (unpaired) electrons. The minimum Gasteiger partial charge on any atom is -0.507 e. The Kier molecular flexibility index (Phi) is 2.65. The van der Waals surface area contributed by atoms with Crippen LogP contribution in [0.2, 0.25) is 0 Å². The molecule has 0 heterocycles. The first-order valence-electron chi connectivity index (χ1n) is 4.87. The minimum absolute atomic E-state index is 0.132.